The summed E-state index contributed by atoms with van der Waals surface area (Å²) in [6.45, 7) is 1.94. The summed E-state index contributed by atoms with van der Waals surface area (Å²) < 4.78 is 29.4. The maximum Gasteiger partial charge on any atom is 0.123 e. The molecule has 1 aromatic heterocycles. The molecule has 1 atom stereocenters. The van der Waals surface area contributed by atoms with Crippen molar-refractivity contribution >= 4 is 21.8 Å². The molecular weight excluding hydrogens is 270 g/mol. The molecule has 1 saturated heterocycles. The van der Waals surface area contributed by atoms with Gasteiger partial charge in [0, 0.05) is 34.4 Å². The molecular formula is C17H16F2N2. The van der Waals surface area contributed by atoms with E-state index in [2.05, 4.69) is 9.88 Å². The van der Waals surface area contributed by atoms with Crippen molar-refractivity contribution in [3.8, 4) is 0 Å². The monoisotopic (exact) mass is 286 g/mol. The number of piperidine rings is 1. The van der Waals surface area contributed by atoms with Crippen LogP contribution in [0.15, 0.2) is 36.4 Å². The van der Waals surface area contributed by atoms with E-state index in [1.807, 2.05) is 0 Å². The Hall–Kier alpha value is -1.94. The predicted molar refractivity (Wildman–Crippen MR) is 80.5 cm³/mol. The molecule has 0 bridgehead atoms. The molecule has 0 saturated carbocycles. The van der Waals surface area contributed by atoms with Crippen LogP contribution in [-0.4, -0.2) is 17.7 Å². The Morgan fingerprint density at radius 3 is 2.10 bits per heavy atom. The summed E-state index contributed by atoms with van der Waals surface area (Å²) in [6.07, 6.45) is 2.20. The fraction of sp³-hybridized carbons (Fsp3) is 0.294. The van der Waals surface area contributed by atoms with Crippen LogP contribution in [0.25, 0.3) is 21.8 Å². The normalized spacial score (nSPS) is 19.4. The minimum absolute atomic E-state index is 0.285. The zero-order chi connectivity index (χ0) is 14.4. The molecule has 3 aromatic rings. The predicted octanol–water partition coefficient (Wildman–Crippen LogP) is 4.00. The summed E-state index contributed by atoms with van der Waals surface area (Å²) >= 11 is 0. The summed E-state index contributed by atoms with van der Waals surface area (Å²) in [6, 6.07) is 9.89. The van der Waals surface area contributed by atoms with Crippen molar-refractivity contribution in [1.82, 2.24) is 9.88 Å². The van der Waals surface area contributed by atoms with Gasteiger partial charge in [-0.25, -0.2) is 8.78 Å². The van der Waals surface area contributed by atoms with Gasteiger partial charge in [-0.15, -0.1) is 0 Å². The van der Waals surface area contributed by atoms with Crippen molar-refractivity contribution in [2.45, 2.75) is 18.9 Å². The molecule has 108 valence electrons. The zero-order valence-electron chi connectivity index (χ0n) is 11.6. The van der Waals surface area contributed by atoms with Crippen LogP contribution in [0.3, 0.4) is 0 Å². The highest BCUT2D eigenvalue weighted by Gasteiger charge is 2.20. The lowest BCUT2D eigenvalue weighted by atomic mass is 10.1. The summed E-state index contributed by atoms with van der Waals surface area (Å²) in [5.74, 6) is -0.569. The van der Waals surface area contributed by atoms with E-state index in [0.717, 1.165) is 47.7 Å². The lowest BCUT2D eigenvalue weighted by Crippen LogP contribution is -2.31. The van der Waals surface area contributed by atoms with Gasteiger partial charge in [0.05, 0.1) is 0 Å². The molecule has 0 radical (unpaired) electrons. The third kappa shape index (κ3) is 2.02. The van der Waals surface area contributed by atoms with Crippen LogP contribution in [0.2, 0.25) is 0 Å². The summed E-state index contributed by atoms with van der Waals surface area (Å²) in [5, 5.41) is 4.98. The Bertz CT molecular complexity index is 757. The molecule has 1 aliphatic heterocycles. The largest absolute Gasteiger partial charge is 0.336 e. The van der Waals surface area contributed by atoms with Gasteiger partial charge < -0.3 is 9.88 Å². The Balaban J connectivity index is 2.06. The van der Waals surface area contributed by atoms with Crippen LogP contribution >= 0.6 is 0 Å². The maximum atomic E-state index is 13.6. The molecule has 1 N–H and O–H groups in total. The zero-order valence-corrected chi connectivity index (χ0v) is 11.6. The van der Waals surface area contributed by atoms with Gasteiger partial charge in [-0.2, -0.15) is 0 Å². The first-order valence-corrected chi connectivity index (χ1v) is 7.33. The summed E-state index contributed by atoms with van der Waals surface area (Å²) in [4.78, 5) is 0. The average Bonchev–Trinajstić information content (AvgIpc) is 2.81. The van der Waals surface area contributed by atoms with Gasteiger partial charge in [0.2, 0.25) is 0 Å². The fourth-order valence-electron chi connectivity index (χ4n) is 3.45. The SMILES string of the molecule is Fc1ccc2c(c1)c1cc(F)ccc1n2[C@H]1CCCNC1. The van der Waals surface area contributed by atoms with Crippen LogP contribution in [0, 0.1) is 11.6 Å². The topological polar surface area (TPSA) is 17.0 Å². The number of aromatic nitrogens is 1. The molecule has 2 heterocycles. The van der Waals surface area contributed by atoms with E-state index in [1.165, 1.54) is 24.3 Å². The van der Waals surface area contributed by atoms with Gasteiger partial charge >= 0.3 is 0 Å². The third-order valence-corrected chi connectivity index (χ3v) is 4.36. The standard InChI is InChI=1S/C17H16F2N2/c18-11-3-5-16-14(8-11)15-9-12(19)4-6-17(15)21(16)13-2-1-7-20-10-13/h3-6,8-9,13,20H,1-2,7,10H2/t13-/m0/s1. The van der Waals surface area contributed by atoms with Crippen molar-refractivity contribution in [2.24, 2.45) is 0 Å². The van der Waals surface area contributed by atoms with Crippen molar-refractivity contribution in [2.75, 3.05) is 13.1 Å². The number of nitrogens with zero attached hydrogens (tertiary/aromatic N) is 1. The van der Waals surface area contributed by atoms with Gasteiger partial charge in [-0.1, -0.05) is 0 Å². The molecule has 4 heteroatoms. The maximum absolute atomic E-state index is 13.6. The van der Waals surface area contributed by atoms with Crippen LogP contribution < -0.4 is 5.32 Å². The minimum atomic E-state index is -0.285. The van der Waals surface area contributed by atoms with Gasteiger partial charge in [0.15, 0.2) is 0 Å². The van der Waals surface area contributed by atoms with Gasteiger partial charge in [0.25, 0.3) is 0 Å². The Morgan fingerprint density at radius 2 is 1.57 bits per heavy atom. The average molecular weight is 286 g/mol. The number of hydrogen-bond donors (Lipinski definition) is 1. The molecule has 0 aliphatic carbocycles. The number of halogens is 2. The molecule has 0 unspecified atom stereocenters. The van der Waals surface area contributed by atoms with Gasteiger partial charge in [0.1, 0.15) is 11.6 Å². The Morgan fingerprint density at radius 1 is 0.952 bits per heavy atom. The lowest BCUT2D eigenvalue weighted by molar-refractivity contribution is 0.386. The molecule has 1 fully saturated rings. The second kappa shape index (κ2) is 4.81. The molecule has 0 spiro atoms. The first-order chi connectivity index (χ1) is 10.2. The quantitative estimate of drug-likeness (QED) is 0.715. The van der Waals surface area contributed by atoms with Crippen LogP contribution in [0.5, 0.6) is 0 Å². The number of hydrogen-bond acceptors (Lipinski definition) is 1. The molecule has 2 aromatic carbocycles. The highest BCUT2D eigenvalue weighted by molar-refractivity contribution is 6.08. The van der Waals surface area contributed by atoms with Gasteiger partial charge in [-0.05, 0) is 55.8 Å². The summed E-state index contributed by atoms with van der Waals surface area (Å²) in [5.41, 5.74) is 1.96. The molecule has 0 amide bonds. The molecule has 1 aliphatic rings. The Labute approximate surface area is 121 Å². The summed E-state index contributed by atoms with van der Waals surface area (Å²) in [7, 11) is 0. The minimum Gasteiger partial charge on any atom is -0.336 e. The van der Waals surface area contributed by atoms with Crippen LogP contribution in [0.4, 0.5) is 8.78 Å². The highest BCUT2D eigenvalue weighted by atomic mass is 19.1. The van der Waals surface area contributed by atoms with E-state index < -0.39 is 0 Å². The van der Waals surface area contributed by atoms with E-state index in [-0.39, 0.29) is 11.6 Å². The first kappa shape index (κ1) is 12.8. The second-order valence-corrected chi connectivity index (χ2v) is 5.69. The Kier molecular flexibility index (Phi) is 2.93. The van der Waals surface area contributed by atoms with E-state index in [1.54, 1.807) is 12.1 Å². The number of benzene rings is 2. The van der Waals surface area contributed by atoms with Crippen molar-refractivity contribution in [3.63, 3.8) is 0 Å². The molecule has 4 rings (SSSR count). The van der Waals surface area contributed by atoms with E-state index in [9.17, 15) is 8.78 Å². The lowest BCUT2D eigenvalue weighted by Gasteiger charge is -2.26. The van der Waals surface area contributed by atoms with Gasteiger partial charge in [-0.3, -0.25) is 0 Å². The van der Waals surface area contributed by atoms with Crippen molar-refractivity contribution < 1.29 is 8.78 Å². The van der Waals surface area contributed by atoms with E-state index in [4.69, 9.17) is 0 Å². The van der Waals surface area contributed by atoms with Crippen molar-refractivity contribution in [3.05, 3.63) is 48.0 Å². The number of rotatable bonds is 1. The third-order valence-electron chi connectivity index (χ3n) is 4.36. The fourth-order valence-corrected chi connectivity index (χ4v) is 3.45. The van der Waals surface area contributed by atoms with Crippen LogP contribution in [0.1, 0.15) is 18.9 Å². The van der Waals surface area contributed by atoms with E-state index in [0.29, 0.717) is 6.04 Å². The highest BCUT2D eigenvalue weighted by Crippen LogP contribution is 2.34. The smallest absolute Gasteiger partial charge is 0.123 e. The van der Waals surface area contributed by atoms with Crippen molar-refractivity contribution in [1.29, 1.82) is 0 Å². The molecule has 2 nitrogen and oxygen atoms in total. The number of nitrogens with one attached hydrogen (secondary N) is 1. The molecule has 21 heavy (non-hydrogen) atoms. The van der Waals surface area contributed by atoms with E-state index >= 15 is 0 Å². The first-order valence-electron chi connectivity index (χ1n) is 7.33. The van der Waals surface area contributed by atoms with Crippen LogP contribution in [-0.2, 0) is 0 Å². The number of fused-ring (bicyclic) bond motifs is 3. The second-order valence-electron chi connectivity index (χ2n) is 5.69.